The van der Waals surface area contributed by atoms with Crippen molar-refractivity contribution in [3.8, 4) is 5.69 Å². The van der Waals surface area contributed by atoms with Crippen molar-refractivity contribution in [1.82, 2.24) is 19.7 Å². The number of rotatable bonds is 0. The van der Waals surface area contributed by atoms with E-state index in [2.05, 4.69) is 10.2 Å². The maximum Gasteiger partial charge on any atom is 0.256 e. The summed E-state index contributed by atoms with van der Waals surface area (Å²) in [4.78, 5) is 13.8. The van der Waals surface area contributed by atoms with Gasteiger partial charge in [-0.3, -0.25) is 9.36 Å². The zero-order valence-corrected chi connectivity index (χ0v) is 13.7. The average molecular weight is 288 g/mol. The molecule has 0 saturated carbocycles. The molecule has 2 heterocycles. The number of hydrogen-bond acceptors (Lipinski definition) is 3. The van der Waals surface area contributed by atoms with E-state index < -0.39 is 0 Å². The van der Waals surface area contributed by atoms with Crippen LogP contribution in [0.4, 0.5) is 0 Å². The van der Waals surface area contributed by atoms with Gasteiger partial charge in [-0.2, -0.15) is 0 Å². The van der Waals surface area contributed by atoms with Crippen molar-refractivity contribution in [1.29, 1.82) is 0 Å². The smallest absolute Gasteiger partial charge is 0.256 e. The Morgan fingerprint density at radius 1 is 1.05 bits per heavy atom. The molecular weight excluding hydrogens is 264 g/mol. The Balaban J connectivity index is 0.000000510. The number of nitrogens with zero attached hydrogens (tertiary/aromatic N) is 4. The third kappa shape index (κ3) is 3.12. The Bertz CT molecular complexity index is 604. The van der Waals surface area contributed by atoms with E-state index in [1.165, 1.54) is 0 Å². The second kappa shape index (κ2) is 7.57. The van der Waals surface area contributed by atoms with Gasteiger partial charge in [-0.25, -0.2) is 0 Å². The molecule has 0 unspecified atom stereocenters. The summed E-state index contributed by atoms with van der Waals surface area (Å²) < 4.78 is 1.94. The van der Waals surface area contributed by atoms with Crippen molar-refractivity contribution in [2.75, 3.05) is 7.05 Å². The van der Waals surface area contributed by atoms with Gasteiger partial charge in [-0.15, -0.1) is 10.2 Å². The number of carbonyl (C=O) groups is 1. The lowest BCUT2D eigenvalue weighted by molar-refractivity contribution is 0.0786. The molecule has 114 valence electrons. The molecule has 0 bridgehead atoms. The summed E-state index contributed by atoms with van der Waals surface area (Å²) in [5.41, 5.74) is 1.55. The quantitative estimate of drug-likeness (QED) is 0.748. The molecule has 21 heavy (non-hydrogen) atoms. The van der Waals surface area contributed by atoms with E-state index in [4.69, 9.17) is 0 Å². The predicted octanol–water partition coefficient (Wildman–Crippen LogP) is 3.21. The summed E-state index contributed by atoms with van der Waals surface area (Å²) in [7, 11) is 1.78. The maximum atomic E-state index is 12.2. The van der Waals surface area contributed by atoms with E-state index in [0.29, 0.717) is 12.1 Å². The van der Waals surface area contributed by atoms with Crippen molar-refractivity contribution >= 4 is 5.91 Å². The van der Waals surface area contributed by atoms with Gasteiger partial charge in [0.05, 0.1) is 17.8 Å². The van der Waals surface area contributed by atoms with Crippen LogP contribution in [-0.4, -0.2) is 32.6 Å². The summed E-state index contributed by atoms with van der Waals surface area (Å²) >= 11 is 0. The molecule has 0 N–H and O–H groups in total. The topological polar surface area (TPSA) is 51.0 Å². The minimum atomic E-state index is 0.0190. The lowest BCUT2D eigenvalue weighted by Gasteiger charge is -2.12. The second-order valence-corrected chi connectivity index (χ2v) is 4.18. The van der Waals surface area contributed by atoms with E-state index in [1.807, 2.05) is 63.5 Å². The fourth-order valence-corrected chi connectivity index (χ4v) is 2.16. The Morgan fingerprint density at radius 2 is 1.67 bits per heavy atom. The zero-order chi connectivity index (χ0) is 16.0. The molecule has 0 radical (unpaired) electrons. The first kappa shape index (κ1) is 16.9. The Morgan fingerprint density at radius 3 is 2.33 bits per heavy atom. The van der Waals surface area contributed by atoms with Crippen molar-refractivity contribution in [2.45, 2.75) is 41.2 Å². The van der Waals surface area contributed by atoms with Crippen LogP contribution in [0.3, 0.4) is 0 Å². The van der Waals surface area contributed by atoms with Gasteiger partial charge in [0.2, 0.25) is 0 Å². The van der Waals surface area contributed by atoms with Crippen molar-refractivity contribution < 1.29 is 4.79 Å². The molecule has 5 nitrogen and oxygen atoms in total. The highest BCUT2D eigenvalue weighted by Gasteiger charge is 2.25. The normalized spacial score (nSPS) is 12.1. The predicted molar refractivity (Wildman–Crippen MR) is 84.6 cm³/mol. The number of benzene rings is 1. The van der Waals surface area contributed by atoms with Gasteiger partial charge in [-0.1, -0.05) is 39.8 Å². The van der Waals surface area contributed by atoms with Gasteiger partial charge < -0.3 is 4.90 Å². The summed E-state index contributed by atoms with van der Waals surface area (Å²) in [5, 5.41) is 8.19. The van der Waals surface area contributed by atoms with Crippen LogP contribution >= 0.6 is 0 Å². The molecular formula is C16H24N4O. The number of aryl methyl sites for hydroxylation is 1. The fourth-order valence-electron chi connectivity index (χ4n) is 2.16. The van der Waals surface area contributed by atoms with Crippen LogP contribution < -0.4 is 0 Å². The molecule has 2 aromatic rings. The second-order valence-electron chi connectivity index (χ2n) is 4.18. The molecule has 0 aliphatic carbocycles. The van der Waals surface area contributed by atoms with Crippen LogP contribution in [0.2, 0.25) is 0 Å². The fraction of sp³-hybridized carbons (Fsp3) is 0.438. The summed E-state index contributed by atoms with van der Waals surface area (Å²) in [6, 6.07) is 7.55. The molecule has 1 amide bonds. The lowest BCUT2D eigenvalue weighted by atomic mass is 10.1. The van der Waals surface area contributed by atoms with Crippen LogP contribution in [-0.2, 0) is 6.54 Å². The number of aromatic nitrogens is 3. The standard InChI is InChI=1S/C12H12N4O.2C2H6/c1-8-13-14-11-7-15(2)12(17)9-5-3-4-6-10(9)16(8)11;2*1-2/h3-6H,7H2,1-2H3;2*1-2H3. The highest BCUT2D eigenvalue weighted by molar-refractivity contribution is 5.98. The summed E-state index contributed by atoms with van der Waals surface area (Å²) in [6.07, 6.45) is 0. The molecule has 0 atom stereocenters. The minimum Gasteiger partial charge on any atom is -0.334 e. The molecule has 0 saturated heterocycles. The minimum absolute atomic E-state index is 0.0190. The lowest BCUT2D eigenvalue weighted by Crippen LogP contribution is -2.25. The molecule has 1 aromatic heterocycles. The molecule has 1 aromatic carbocycles. The third-order valence-electron chi connectivity index (χ3n) is 2.99. The van der Waals surface area contributed by atoms with E-state index in [0.717, 1.165) is 17.3 Å². The summed E-state index contributed by atoms with van der Waals surface area (Å²) in [5.74, 6) is 1.62. The monoisotopic (exact) mass is 288 g/mol. The van der Waals surface area contributed by atoms with Crippen LogP contribution in [0.1, 0.15) is 49.7 Å². The molecule has 1 aliphatic heterocycles. The van der Waals surface area contributed by atoms with Crippen LogP contribution in [0.5, 0.6) is 0 Å². The molecule has 0 spiro atoms. The van der Waals surface area contributed by atoms with Crippen LogP contribution in [0.25, 0.3) is 5.69 Å². The van der Waals surface area contributed by atoms with Gasteiger partial charge in [-0.05, 0) is 19.1 Å². The van der Waals surface area contributed by atoms with Crippen molar-refractivity contribution in [3.05, 3.63) is 41.5 Å². The van der Waals surface area contributed by atoms with E-state index in [-0.39, 0.29) is 5.91 Å². The van der Waals surface area contributed by atoms with Gasteiger partial charge in [0.15, 0.2) is 5.82 Å². The average Bonchev–Trinajstić information content (AvgIpc) is 2.86. The highest BCUT2D eigenvalue weighted by atomic mass is 16.2. The van der Waals surface area contributed by atoms with E-state index >= 15 is 0 Å². The molecule has 3 rings (SSSR count). The number of carbonyl (C=O) groups excluding carboxylic acids is 1. The van der Waals surface area contributed by atoms with Gasteiger partial charge >= 0.3 is 0 Å². The molecule has 0 fully saturated rings. The number of amides is 1. The van der Waals surface area contributed by atoms with Crippen molar-refractivity contribution in [2.24, 2.45) is 0 Å². The van der Waals surface area contributed by atoms with Gasteiger partial charge in [0.1, 0.15) is 5.82 Å². The molecule has 5 heteroatoms. The Labute approximate surface area is 126 Å². The van der Waals surface area contributed by atoms with Crippen LogP contribution in [0.15, 0.2) is 24.3 Å². The highest BCUT2D eigenvalue weighted by Crippen LogP contribution is 2.23. The van der Waals surface area contributed by atoms with E-state index in [1.54, 1.807) is 11.9 Å². The Hall–Kier alpha value is -2.17. The zero-order valence-electron chi connectivity index (χ0n) is 13.7. The van der Waals surface area contributed by atoms with Gasteiger partial charge in [0, 0.05) is 7.05 Å². The number of hydrogen-bond donors (Lipinski definition) is 0. The van der Waals surface area contributed by atoms with E-state index in [9.17, 15) is 4.79 Å². The number of fused-ring (bicyclic) bond motifs is 3. The van der Waals surface area contributed by atoms with Gasteiger partial charge in [0.25, 0.3) is 5.91 Å². The SMILES string of the molecule is CC.CC.Cc1nnc2n1-c1ccccc1C(=O)N(C)C2. The first-order chi connectivity index (χ1) is 10.2. The molecule has 1 aliphatic rings. The third-order valence-corrected chi connectivity index (χ3v) is 2.99. The first-order valence-electron chi connectivity index (χ1n) is 7.44. The van der Waals surface area contributed by atoms with Crippen molar-refractivity contribution in [3.63, 3.8) is 0 Å². The van der Waals surface area contributed by atoms with Crippen LogP contribution in [0, 0.1) is 6.92 Å². The maximum absolute atomic E-state index is 12.2. The largest absolute Gasteiger partial charge is 0.334 e. The Kier molecular flexibility index (Phi) is 6.09. The summed E-state index contributed by atoms with van der Waals surface area (Å²) in [6.45, 7) is 10.4. The number of para-hydroxylation sites is 1. The first-order valence-corrected chi connectivity index (χ1v) is 7.44.